The van der Waals surface area contributed by atoms with Gasteiger partial charge in [-0.05, 0) is 43.9 Å². The fourth-order valence-electron chi connectivity index (χ4n) is 3.04. The highest BCUT2D eigenvalue weighted by Gasteiger charge is 2.14. The molecule has 0 bridgehead atoms. The van der Waals surface area contributed by atoms with Gasteiger partial charge in [-0.1, -0.05) is 48.0 Å². The summed E-state index contributed by atoms with van der Waals surface area (Å²) in [5.74, 6) is 0.618. The zero-order valence-electron chi connectivity index (χ0n) is 15.4. The second-order valence-corrected chi connectivity index (χ2v) is 7.23. The molecule has 0 unspecified atom stereocenters. The SMILES string of the molecule is CCn1c(Cc2ccccc2)nn(CN(C)Cc2c(F)cccc2Cl)c1=S. The maximum atomic E-state index is 14.0. The highest BCUT2D eigenvalue weighted by molar-refractivity contribution is 7.71. The van der Waals surface area contributed by atoms with Gasteiger partial charge >= 0.3 is 0 Å². The van der Waals surface area contributed by atoms with Gasteiger partial charge in [-0.15, -0.1) is 0 Å². The lowest BCUT2D eigenvalue weighted by Crippen LogP contribution is -2.23. The summed E-state index contributed by atoms with van der Waals surface area (Å²) in [4.78, 5) is 1.94. The Labute approximate surface area is 168 Å². The van der Waals surface area contributed by atoms with Crippen LogP contribution < -0.4 is 0 Å². The van der Waals surface area contributed by atoms with Crippen LogP contribution in [0.2, 0.25) is 5.02 Å². The van der Waals surface area contributed by atoms with Crippen molar-refractivity contribution in [1.29, 1.82) is 0 Å². The van der Waals surface area contributed by atoms with Crippen LogP contribution in [0.5, 0.6) is 0 Å². The van der Waals surface area contributed by atoms with Gasteiger partial charge < -0.3 is 4.57 Å². The third-order valence-electron chi connectivity index (χ3n) is 4.39. The van der Waals surface area contributed by atoms with Crippen LogP contribution in [0.25, 0.3) is 0 Å². The first kappa shape index (κ1) is 19.7. The minimum atomic E-state index is -0.304. The quantitative estimate of drug-likeness (QED) is 0.523. The van der Waals surface area contributed by atoms with Crippen molar-refractivity contribution >= 4 is 23.8 Å². The van der Waals surface area contributed by atoms with Crippen molar-refractivity contribution in [2.75, 3.05) is 7.05 Å². The third kappa shape index (κ3) is 4.64. The molecule has 0 atom stereocenters. The van der Waals surface area contributed by atoms with Gasteiger partial charge in [0, 0.05) is 30.1 Å². The molecule has 1 heterocycles. The molecule has 0 amide bonds. The maximum absolute atomic E-state index is 14.0. The molecule has 3 aromatic rings. The Morgan fingerprint density at radius 1 is 1.15 bits per heavy atom. The molecule has 7 heteroatoms. The zero-order chi connectivity index (χ0) is 19.4. The van der Waals surface area contributed by atoms with Crippen LogP contribution in [0, 0.1) is 10.6 Å². The summed E-state index contributed by atoms with van der Waals surface area (Å²) >= 11 is 11.7. The summed E-state index contributed by atoms with van der Waals surface area (Å²) in [6.45, 7) is 3.64. The lowest BCUT2D eigenvalue weighted by Gasteiger charge is -2.17. The fraction of sp³-hybridized carbons (Fsp3) is 0.300. The third-order valence-corrected chi connectivity index (χ3v) is 5.17. The second-order valence-electron chi connectivity index (χ2n) is 6.46. The average Bonchev–Trinajstić information content (AvgIpc) is 2.93. The zero-order valence-corrected chi connectivity index (χ0v) is 17.0. The smallest absolute Gasteiger partial charge is 0.199 e. The van der Waals surface area contributed by atoms with E-state index in [1.165, 1.54) is 11.6 Å². The van der Waals surface area contributed by atoms with Gasteiger partial charge in [-0.2, -0.15) is 5.10 Å². The number of hydrogen-bond donors (Lipinski definition) is 0. The van der Waals surface area contributed by atoms with E-state index in [-0.39, 0.29) is 5.82 Å². The Bertz CT molecular complexity index is 948. The predicted molar refractivity (Wildman–Crippen MR) is 109 cm³/mol. The Balaban J connectivity index is 1.79. The van der Waals surface area contributed by atoms with Crippen LogP contribution in [-0.4, -0.2) is 26.3 Å². The Morgan fingerprint density at radius 2 is 1.89 bits per heavy atom. The van der Waals surface area contributed by atoms with Gasteiger partial charge in [-0.3, -0.25) is 4.90 Å². The number of rotatable bonds is 7. The minimum Gasteiger partial charge on any atom is -0.304 e. The van der Waals surface area contributed by atoms with E-state index in [0.717, 1.165) is 12.4 Å². The van der Waals surface area contributed by atoms with Crippen molar-refractivity contribution in [2.45, 2.75) is 33.1 Å². The van der Waals surface area contributed by atoms with Crippen molar-refractivity contribution in [3.63, 3.8) is 0 Å². The molecule has 3 rings (SSSR count). The number of halogens is 2. The van der Waals surface area contributed by atoms with Gasteiger partial charge in [0.2, 0.25) is 0 Å². The minimum absolute atomic E-state index is 0.304. The van der Waals surface area contributed by atoms with Gasteiger partial charge in [0.05, 0.1) is 6.67 Å². The predicted octanol–water partition coefficient (Wildman–Crippen LogP) is 4.91. The van der Waals surface area contributed by atoms with Crippen LogP contribution in [0.15, 0.2) is 48.5 Å². The lowest BCUT2D eigenvalue weighted by atomic mass is 10.1. The van der Waals surface area contributed by atoms with Crippen molar-refractivity contribution in [2.24, 2.45) is 0 Å². The van der Waals surface area contributed by atoms with E-state index in [1.54, 1.807) is 16.8 Å². The molecule has 0 radical (unpaired) electrons. The van der Waals surface area contributed by atoms with E-state index in [4.69, 9.17) is 28.9 Å². The van der Waals surface area contributed by atoms with E-state index in [9.17, 15) is 4.39 Å². The fourth-order valence-corrected chi connectivity index (χ4v) is 3.59. The molecular formula is C20H22ClFN4S. The summed E-state index contributed by atoms with van der Waals surface area (Å²) in [5, 5.41) is 5.13. The summed E-state index contributed by atoms with van der Waals surface area (Å²) < 4.78 is 18.5. The van der Waals surface area contributed by atoms with Gasteiger partial charge in [-0.25, -0.2) is 9.07 Å². The molecule has 0 saturated carbocycles. The molecule has 4 nitrogen and oxygen atoms in total. The van der Waals surface area contributed by atoms with Crippen LogP contribution in [0.3, 0.4) is 0 Å². The first-order valence-corrected chi connectivity index (χ1v) is 9.60. The topological polar surface area (TPSA) is 26.0 Å². The van der Waals surface area contributed by atoms with Crippen molar-refractivity contribution in [3.8, 4) is 0 Å². The average molecular weight is 405 g/mol. The Morgan fingerprint density at radius 3 is 2.56 bits per heavy atom. The molecule has 0 spiro atoms. The summed E-state index contributed by atoms with van der Waals surface area (Å²) in [5.41, 5.74) is 1.67. The molecule has 2 aromatic carbocycles. The lowest BCUT2D eigenvalue weighted by molar-refractivity contribution is 0.240. The van der Waals surface area contributed by atoms with Crippen molar-refractivity contribution in [1.82, 2.24) is 19.2 Å². The summed E-state index contributed by atoms with van der Waals surface area (Å²) in [7, 11) is 1.90. The summed E-state index contributed by atoms with van der Waals surface area (Å²) in [6.07, 6.45) is 0.716. The number of hydrogen-bond acceptors (Lipinski definition) is 3. The standard InChI is InChI=1S/C20H22ClFN4S/c1-3-25-19(12-15-8-5-4-6-9-15)23-26(20(25)27)14-24(2)13-16-17(21)10-7-11-18(16)22/h4-11H,3,12-14H2,1-2H3. The molecule has 0 fully saturated rings. The first-order chi connectivity index (χ1) is 13.0. The Kier molecular flexibility index (Phi) is 6.42. The van der Waals surface area contributed by atoms with Gasteiger partial charge in [0.15, 0.2) is 4.77 Å². The second kappa shape index (κ2) is 8.78. The van der Waals surface area contributed by atoms with E-state index in [0.29, 0.717) is 35.0 Å². The molecule has 0 aliphatic rings. The normalized spacial score (nSPS) is 11.3. The summed E-state index contributed by atoms with van der Waals surface area (Å²) in [6, 6.07) is 14.9. The van der Waals surface area contributed by atoms with E-state index in [1.807, 2.05) is 34.7 Å². The van der Waals surface area contributed by atoms with E-state index in [2.05, 4.69) is 19.1 Å². The first-order valence-electron chi connectivity index (χ1n) is 8.81. The highest BCUT2D eigenvalue weighted by Crippen LogP contribution is 2.20. The molecular weight excluding hydrogens is 383 g/mol. The van der Waals surface area contributed by atoms with Crippen molar-refractivity contribution in [3.05, 3.63) is 81.1 Å². The number of aromatic nitrogens is 3. The maximum Gasteiger partial charge on any atom is 0.199 e. The van der Waals surface area contributed by atoms with Crippen LogP contribution in [0.1, 0.15) is 23.9 Å². The Hall–Kier alpha value is -2.02. The largest absolute Gasteiger partial charge is 0.304 e. The van der Waals surface area contributed by atoms with Crippen LogP contribution in [0.4, 0.5) is 4.39 Å². The molecule has 1 aromatic heterocycles. The van der Waals surface area contributed by atoms with Crippen LogP contribution in [-0.2, 0) is 26.2 Å². The molecule has 27 heavy (non-hydrogen) atoms. The van der Waals surface area contributed by atoms with Crippen LogP contribution >= 0.6 is 23.8 Å². The highest BCUT2D eigenvalue weighted by atomic mass is 35.5. The van der Waals surface area contributed by atoms with Crippen molar-refractivity contribution < 1.29 is 4.39 Å². The molecule has 0 aliphatic carbocycles. The molecule has 0 saturated heterocycles. The van der Waals surface area contributed by atoms with E-state index >= 15 is 0 Å². The molecule has 0 aliphatic heterocycles. The van der Waals surface area contributed by atoms with Gasteiger partial charge in [0.1, 0.15) is 11.6 Å². The molecule has 0 N–H and O–H groups in total. The monoisotopic (exact) mass is 404 g/mol. The number of nitrogens with zero attached hydrogens (tertiary/aromatic N) is 4. The number of benzene rings is 2. The van der Waals surface area contributed by atoms with E-state index < -0.39 is 0 Å². The molecule has 142 valence electrons. The van der Waals surface area contributed by atoms with Gasteiger partial charge in [0.25, 0.3) is 0 Å².